The smallest absolute Gasteiger partial charge is 0.341 e. The van der Waals surface area contributed by atoms with Gasteiger partial charge in [-0.3, -0.25) is 0 Å². The lowest BCUT2D eigenvalue weighted by Gasteiger charge is -2.29. The van der Waals surface area contributed by atoms with Crippen LogP contribution in [0.15, 0.2) is 218 Å². The Morgan fingerprint density at radius 2 is 0.639 bits per heavy atom. The van der Waals surface area contributed by atoms with Crippen LogP contribution in [0, 0.1) is 0 Å². The molecule has 8 aromatic carbocycles. The Kier molecular flexibility index (Phi) is 9.57. The Morgan fingerprint density at radius 3 is 0.918 bits per heavy atom. The van der Waals surface area contributed by atoms with E-state index in [1.165, 1.54) is 43.0 Å². The van der Waals surface area contributed by atoms with Gasteiger partial charge in [0.1, 0.15) is 46.4 Å². The molecule has 6 heteroatoms. The molecule has 61 heavy (non-hydrogen) atoms. The van der Waals surface area contributed by atoms with Crippen molar-refractivity contribution in [2.45, 2.75) is 18.4 Å². The molecular formula is C55H46N2O2P2+4. The largest absolute Gasteiger partial charge is 0.704 e. The van der Waals surface area contributed by atoms with Crippen LogP contribution in [0.3, 0.4) is 0 Å². The molecule has 294 valence electrons. The van der Waals surface area contributed by atoms with Crippen LogP contribution in [0.2, 0.25) is 0 Å². The predicted molar refractivity (Wildman–Crippen MR) is 255 cm³/mol. The van der Waals surface area contributed by atoms with E-state index in [4.69, 9.17) is 9.47 Å². The Hall–Kier alpha value is -6.44. The molecule has 0 unspecified atom stereocenters. The van der Waals surface area contributed by atoms with Crippen LogP contribution < -0.4 is 41.3 Å². The molecule has 0 aromatic heterocycles. The van der Waals surface area contributed by atoms with Crippen molar-refractivity contribution >= 4 is 58.8 Å². The van der Waals surface area contributed by atoms with E-state index in [2.05, 4.69) is 240 Å². The minimum absolute atomic E-state index is 0.778. The van der Waals surface area contributed by atoms with Gasteiger partial charge >= 0.3 is 6.03 Å². The lowest BCUT2D eigenvalue weighted by atomic mass is 10.1. The predicted octanol–water partition coefficient (Wildman–Crippen LogP) is 8.65. The number of rotatable bonds is 10. The molecule has 0 atom stereocenters. The van der Waals surface area contributed by atoms with Crippen molar-refractivity contribution in [3.8, 4) is 11.5 Å². The third-order valence-electron chi connectivity index (χ3n) is 12.6. The molecule has 1 fully saturated rings. The van der Waals surface area contributed by atoms with Gasteiger partial charge in [-0.2, -0.15) is 0 Å². The second-order valence-electron chi connectivity index (χ2n) is 16.1. The highest BCUT2D eigenvalue weighted by molar-refractivity contribution is 7.95. The average Bonchev–Trinajstić information content (AvgIpc) is 3.69. The standard InChI is InChI=1S/C55H46N2O2P2/c1-7-19-47(20-8-1)60(48-21-9-2-10-22-48,49-23-11-3-12-24-49)41-43-31-33-53-45(37-43)39-56-35-36-57-40-46-38-44(32-34-54(46)59-55(56,57)58-53)42-61(50-25-13-4-14-26-50,51-27-15-5-16-28-51)52-29-17-6-18-30-52/h1-34,37-40H,35-36,41-42H2/q+4. The quantitative estimate of drug-likeness (QED) is 0.102. The maximum Gasteiger partial charge on any atom is 0.704 e. The number of hydrogen-bond acceptors (Lipinski definition) is 2. The summed E-state index contributed by atoms with van der Waals surface area (Å²) in [7, 11) is -4.14. The van der Waals surface area contributed by atoms with Gasteiger partial charge in [0.15, 0.2) is 23.9 Å². The Morgan fingerprint density at radius 1 is 0.361 bits per heavy atom. The Bertz CT molecular complexity index is 2510. The van der Waals surface area contributed by atoms with Crippen molar-refractivity contribution < 1.29 is 18.6 Å². The van der Waals surface area contributed by atoms with Crippen molar-refractivity contribution in [3.63, 3.8) is 0 Å². The van der Waals surface area contributed by atoms with Gasteiger partial charge in [-0.1, -0.05) is 130 Å². The first-order chi connectivity index (χ1) is 30.1. The van der Waals surface area contributed by atoms with Crippen molar-refractivity contribution in [1.82, 2.24) is 0 Å². The van der Waals surface area contributed by atoms with Crippen molar-refractivity contribution in [2.75, 3.05) is 13.1 Å². The second kappa shape index (κ2) is 15.5. The lowest BCUT2D eigenvalue weighted by Crippen LogP contribution is -2.59. The van der Waals surface area contributed by atoms with Gasteiger partial charge in [-0.25, -0.2) is 0 Å². The zero-order valence-electron chi connectivity index (χ0n) is 33.9. The summed E-state index contributed by atoms with van der Waals surface area (Å²) in [5.41, 5.74) is 4.71. The van der Waals surface area contributed by atoms with Gasteiger partial charge in [0.2, 0.25) is 13.1 Å². The number of benzene rings is 8. The van der Waals surface area contributed by atoms with Gasteiger partial charge in [0.05, 0.1) is 23.5 Å². The number of fused-ring (bicyclic) bond motifs is 2. The first kappa shape index (κ1) is 37.6. The van der Waals surface area contributed by atoms with Crippen LogP contribution in [0.4, 0.5) is 0 Å². The summed E-state index contributed by atoms with van der Waals surface area (Å²) in [6, 6.07) is 79.0. The van der Waals surface area contributed by atoms with E-state index in [0.717, 1.165) is 48.0 Å². The van der Waals surface area contributed by atoms with Gasteiger partial charge in [-0.05, 0) is 108 Å². The van der Waals surface area contributed by atoms with Crippen LogP contribution >= 0.6 is 14.5 Å². The summed E-state index contributed by atoms with van der Waals surface area (Å²) in [5, 5.41) is 8.25. The first-order valence-electron chi connectivity index (χ1n) is 21.1. The van der Waals surface area contributed by atoms with Gasteiger partial charge in [0.25, 0.3) is 0 Å². The summed E-state index contributed by atoms with van der Waals surface area (Å²) in [6.45, 7) is 1.56. The van der Waals surface area contributed by atoms with Crippen LogP contribution in [-0.2, 0) is 12.3 Å². The normalized spacial score (nSPS) is 14.8. The highest BCUT2D eigenvalue weighted by atomic mass is 31.2. The SMILES string of the molecule is C1=[N+]2CC[N+]3=Cc4cc(C[P+](c5ccccc5)(c5ccccc5)c5ccccc5)ccc4OC23Oc2ccc(C[P+](c3ccccc3)(c3ccccc3)c3ccccc3)cc21. The summed E-state index contributed by atoms with van der Waals surface area (Å²) in [5.74, 6) is 1.65. The molecule has 3 aliphatic rings. The molecule has 11 rings (SSSR count). The zero-order chi connectivity index (χ0) is 40.7. The third kappa shape index (κ3) is 6.45. The number of hydrogen-bond donors (Lipinski definition) is 0. The molecule has 1 spiro atoms. The Labute approximate surface area is 359 Å². The molecule has 0 bridgehead atoms. The molecule has 0 aliphatic carbocycles. The van der Waals surface area contributed by atoms with E-state index >= 15 is 0 Å². The molecule has 0 radical (unpaired) electrons. The van der Waals surface area contributed by atoms with Crippen molar-refractivity contribution in [1.29, 1.82) is 0 Å². The minimum atomic E-state index is -2.07. The molecule has 0 saturated carbocycles. The van der Waals surface area contributed by atoms with E-state index in [0.29, 0.717) is 0 Å². The molecule has 3 aliphatic heterocycles. The maximum absolute atomic E-state index is 7.01. The molecule has 4 nitrogen and oxygen atoms in total. The highest BCUT2D eigenvalue weighted by Crippen LogP contribution is 2.59. The lowest BCUT2D eigenvalue weighted by molar-refractivity contribution is -0.855. The van der Waals surface area contributed by atoms with E-state index in [1.54, 1.807) is 0 Å². The van der Waals surface area contributed by atoms with E-state index in [-0.39, 0.29) is 0 Å². The highest BCUT2D eigenvalue weighted by Gasteiger charge is 2.68. The molecule has 3 heterocycles. The van der Waals surface area contributed by atoms with Crippen LogP contribution in [0.25, 0.3) is 0 Å². The Balaban J connectivity index is 0.939. The molecule has 1 saturated heterocycles. The fourth-order valence-corrected chi connectivity index (χ4v) is 18.2. The zero-order valence-corrected chi connectivity index (χ0v) is 35.7. The van der Waals surface area contributed by atoms with Gasteiger partial charge in [-0.15, -0.1) is 0 Å². The fraction of sp³-hybridized carbons (Fsp3) is 0.0909. The summed E-state index contributed by atoms with van der Waals surface area (Å²) >= 11 is 0. The van der Waals surface area contributed by atoms with E-state index in [1.807, 2.05) is 0 Å². The van der Waals surface area contributed by atoms with Crippen molar-refractivity contribution in [2.24, 2.45) is 0 Å². The van der Waals surface area contributed by atoms with Crippen molar-refractivity contribution in [3.05, 3.63) is 241 Å². The first-order valence-corrected chi connectivity index (χ1v) is 25.1. The number of ether oxygens (including phenoxy) is 2. The monoisotopic (exact) mass is 828 g/mol. The maximum atomic E-state index is 7.01. The second-order valence-corrected chi connectivity index (χ2v) is 23.1. The summed E-state index contributed by atoms with van der Waals surface area (Å²) in [6.07, 6.45) is 6.29. The van der Waals surface area contributed by atoms with E-state index < -0.39 is 20.6 Å². The number of nitrogens with zero attached hydrogens (tertiary/aromatic N) is 2. The van der Waals surface area contributed by atoms with Gasteiger partial charge < -0.3 is 9.47 Å². The minimum Gasteiger partial charge on any atom is -0.341 e. The van der Waals surface area contributed by atoms with Crippen LogP contribution in [0.1, 0.15) is 22.3 Å². The summed E-state index contributed by atoms with van der Waals surface area (Å²) in [4.78, 5) is 0. The average molecular weight is 829 g/mol. The fourth-order valence-electron chi connectivity index (χ4n) is 9.70. The third-order valence-corrected chi connectivity index (χ3v) is 21.3. The summed E-state index contributed by atoms with van der Waals surface area (Å²) < 4.78 is 18.5. The molecule has 0 N–H and O–H groups in total. The molecule has 0 amide bonds. The molecular weight excluding hydrogens is 783 g/mol. The molecule has 8 aromatic rings. The van der Waals surface area contributed by atoms with Gasteiger partial charge in [0, 0.05) is 0 Å². The van der Waals surface area contributed by atoms with Crippen LogP contribution in [0.5, 0.6) is 11.5 Å². The topological polar surface area (TPSA) is 24.5 Å². The van der Waals surface area contributed by atoms with E-state index in [9.17, 15) is 0 Å². The van der Waals surface area contributed by atoms with Crippen LogP contribution in [-0.4, -0.2) is 40.7 Å².